The fraction of sp³-hybridized carbons (Fsp3) is 0.407. The highest BCUT2D eigenvalue weighted by Crippen LogP contribution is 2.33. The van der Waals surface area contributed by atoms with E-state index in [9.17, 15) is 14.0 Å². The van der Waals surface area contributed by atoms with Gasteiger partial charge in [-0.15, -0.1) is 0 Å². The van der Waals surface area contributed by atoms with Gasteiger partial charge in [-0.2, -0.15) is 5.10 Å². The molecular weight excluding hydrogens is 511 g/mol. The average molecular weight is 541 g/mol. The maximum Gasteiger partial charge on any atom is 0.246 e. The van der Waals surface area contributed by atoms with Crippen LogP contribution in [0.4, 0.5) is 15.8 Å². The van der Waals surface area contributed by atoms with Crippen LogP contribution >= 0.6 is 11.6 Å². The van der Waals surface area contributed by atoms with Gasteiger partial charge >= 0.3 is 0 Å². The highest BCUT2D eigenvalue weighted by atomic mass is 35.5. The summed E-state index contributed by atoms with van der Waals surface area (Å²) in [5.41, 5.74) is 2.23. The molecule has 38 heavy (non-hydrogen) atoms. The van der Waals surface area contributed by atoms with Crippen molar-refractivity contribution in [3.05, 3.63) is 59.4 Å². The smallest absolute Gasteiger partial charge is 0.246 e. The summed E-state index contributed by atoms with van der Waals surface area (Å²) < 4.78 is 21.0. The predicted molar refractivity (Wildman–Crippen MR) is 143 cm³/mol. The maximum atomic E-state index is 13.7. The predicted octanol–water partition coefficient (Wildman–Crippen LogP) is 3.86. The van der Waals surface area contributed by atoms with E-state index < -0.39 is 5.82 Å². The summed E-state index contributed by atoms with van der Waals surface area (Å²) >= 11 is 5.99. The number of benzene rings is 2. The SMILES string of the molecule is COc1cc(N2CCC(=O)N(CC(=O)N(CC3CC3)c3ccc(F)c(Cl)c3)CC2)ccc1-n1cnc(C)n1. The van der Waals surface area contributed by atoms with E-state index in [1.54, 1.807) is 34.0 Å². The number of halogens is 2. The van der Waals surface area contributed by atoms with Crippen molar-refractivity contribution in [3.8, 4) is 11.4 Å². The minimum Gasteiger partial charge on any atom is -0.494 e. The number of carbonyl (C=O) groups excluding carboxylic acids is 2. The van der Waals surface area contributed by atoms with Crippen LogP contribution in [0.25, 0.3) is 5.69 Å². The molecule has 5 rings (SSSR count). The first kappa shape index (κ1) is 26.0. The van der Waals surface area contributed by atoms with Gasteiger partial charge in [-0.25, -0.2) is 14.1 Å². The minimum atomic E-state index is -0.530. The Morgan fingerprint density at radius 2 is 2.00 bits per heavy atom. The third kappa shape index (κ3) is 5.75. The standard InChI is InChI=1S/C27H30ClFN6O3/c1-18-30-17-35(31-18)24-8-6-20(14-25(24)38-2)32-10-9-26(36)33(12-11-32)16-27(37)34(15-19-3-4-19)21-5-7-23(29)22(28)13-21/h5-8,13-14,17,19H,3-4,9-12,15-16H2,1-2H3. The zero-order valence-corrected chi connectivity index (χ0v) is 22.2. The molecule has 200 valence electrons. The molecule has 0 spiro atoms. The molecule has 1 aliphatic carbocycles. The van der Waals surface area contributed by atoms with Crippen molar-refractivity contribution >= 4 is 34.8 Å². The van der Waals surface area contributed by atoms with Crippen LogP contribution in [0.1, 0.15) is 25.1 Å². The molecule has 3 aromatic rings. The molecule has 11 heteroatoms. The van der Waals surface area contributed by atoms with E-state index >= 15 is 0 Å². The Kier molecular flexibility index (Phi) is 7.51. The number of carbonyl (C=O) groups is 2. The summed E-state index contributed by atoms with van der Waals surface area (Å²) in [4.78, 5) is 35.9. The van der Waals surface area contributed by atoms with Crippen molar-refractivity contribution in [1.29, 1.82) is 0 Å². The van der Waals surface area contributed by atoms with Gasteiger partial charge in [0.05, 0.1) is 12.1 Å². The fourth-order valence-electron chi connectivity index (χ4n) is 4.62. The number of aryl methyl sites for hydroxylation is 1. The second-order valence-electron chi connectivity index (χ2n) is 9.69. The molecule has 9 nitrogen and oxygen atoms in total. The Labute approximate surface area is 225 Å². The summed E-state index contributed by atoms with van der Waals surface area (Å²) in [6, 6.07) is 10.1. The number of rotatable bonds is 8. The molecule has 0 N–H and O–H groups in total. The molecule has 2 amide bonds. The van der Waals surface area contributed by atoms with Crippen LogP contribution in [0.15, 0.2) is 42.7 Å². The van der Waals surface area contributed by atoms with Crippen LogP contribution in [0.3, 0.4) is 0 Å². The second-order valence-corrected chi connectivity index (χ2v) is 10.1. The Morgan fingerprint density at radius 3 is 2.68 bits per heavy atom. The average Bonchev–Trinajstić information content (AvgIpc) is 3.67. The van der Waals surface area contributed by atoms with Gasteiger partial charge in [0, 0.05) is 50.0 Å². The van der Waals surface area contributed by atoms with Crippen LogP contribution in [-0.2, 0) is 9.59 Å². The first-order valence-corrected chi connectivity index (χ1v) is 13.0. The van der Waals surface area contributed by atoms with Crippen molar-refractivity contribution in [2.75, 3.05) is 49.6 Å². The molecule has 2 aliphatic rings. The molecule has 1 saturated carbocycles. The van der Waals surface area contributed by atoms with Gasteiger partial charge in [0.25, 0.3) is 0 Å². The van der Waals surface area contributed by atoms with Crippen molar-refractivity contribution in [1.82, 2.24) is 19.7 Å². The number of hydrogen-bond acceptors (Lipinski definition) is 6. The Balaban J connectivity index is 1.28. The van der Waals surface area contributed by atoms with Gasteiger partial charge in [0.2, 0.25) is 11.8 Å². The first-order valence-electron chi connectivity index (χ1n) is 12.7. The van der Waals surface area contributed by atoms with E-state index in [-0.39, 0.29) is 29.8 Å². The molecule has 0 unspecified atom stereocenters. The van der Waals surface area contributed by atoms with Crippen LogP contribution < -0.4 is 14.5 Å². The lowest BCUT2D eigenvalue weighted by atomic mass is 10.2. The van der Waals surface area contributed by atoms with Gasteiger partial charge in [-0.3, -0.25) is 9.59 Å². The summed E-state index contributed by atoms with van der Waals surface area (Å²) in [5, 5.41) is 4.33. The van der Waals surface area contributed by atoms with E-state index in [4.69, 9.17) is 16.3 Å². The fourth-order valence-corrected chi connectivity index (χ4v) is 4.79. The van der Waals surface area contributed by atoms with Crippen molar-refractivity contribution in [3.63, 3.8) is 0 Å². The lowest BCUT2D eigenvalue weighted by Gasteiger charge is -2.28. The van der Waals surface area contributed by atoms with Crippen LogP contribution in [-0.4, -0.2) is 71.3 Å². The van der Waals surface area contributed by atoms with E-state index in [1.807, 2.05) is 25.1 Å². The zero-order chi connectivity index (χ0) is 26.8. The molecular formula is C27H30ClFN6O3. The summed E-state index contributed by atoms with van der Waals surface area (Å²) in [6.07, 6.45) is 4.02. The van der Waals surface area contributed by atoms with E-state index in [2.05, 4.69) is 15.0 Å². The number of amides is 2. The van der Waals surface area contributed by atoms with Crippen molar-refractivity contribution in [2.24, 2.45) is 5.92 Å². The second kappa shape index (κ2) is 11.0. The van der Waals surface area contributed by atoms with Crippen molar-refractivity contribution in [2.45, 2.75) is 26.2 Å². The quantitative estimate of drug-likeness (QED) is 0.431. The summed E-state index contributed by atoms with van der Waals surface area (Å²) in [5.74, 6) is 0.913. The zero-order valence-electron chi connectivity index (χ0n) is 21.4. The van der Waals surface area contributed by atoms with E-state index in [0.717, 1.165) is 24.2 Å². The minimum absolute atomic E-state index is 0.0296. The normalized spacial score (nSPS) is 15.9. The third-order valence-corrected chi connectivity index (χ3v) is 7.24. The van der Waals surface area contributed by atoms with Gasteiger partial charge in [0.1, 0.15) is 36.0 Å². The van der Waals surface area contributed by atoms with Crippen LogP contribution in [0.2, 0.25) is 5.02 Å². The largest absolute Gasteiger partial charge is 0.494 e. The number of hydrogen-bond donors (Lipinski definition) is 0. The molecule has 2 aromatic carbocycles. The molecule has 0 atom stereocenters. The molecule has 2 heterocycles. The van der Waals surface area contributed by atoms with Crippen LogP contribution in [0, 0.1) is 18.7 Å². The molecule has 2 fully saturated rings. The monoisotopic (exact) mass is 540 g/mol. The van der Waals surface area contributed by atoms with Gasteiger partial charge < -0.3 is 19.4 Å². The Hall–Kier alpha value is -3.66. The Bertz CT molecular complexity index is 1340. The number of anilines is 2. The first-order chi connectivity index (χ1) is 18.3. The molecule has 0 bridgehead atoms. The third-order valence-electron chi connectivity index (χ3n) is 6.95. The highest BCUT2D eigenvalue weighted by molar-refractivity contribution is 6.31. The van der Waals surface area contributed by atoms with Gasteiger partial charge in [-0.1, -0.05) is 11.6 Å². The lowest BCUT2D eigenvalue weighted by molar-refractivity contribution is -0.134. The van der Waals surface area contributed by atoms with Crippen molar-refractivity contribution < 1.29 is 18.7 Å². The van der Waals surface area contributed by atoms with Gasteiger partial charge in [0.15, 0.2) is 0 Å². The summed E-state index contributed by atoms with van der Waals surface area (Å²) in [7, 11) is 1.60. The molecule has 1 aliphatic heterocycles. The maximum absolute atomic E-state index is 13.7. The van der Waals surface area contributed by atoms with E-state index in [0.29, 0.717) is 49.4 Å². The van der Waals surface area contributed by atoms with Crippen LogP contribution in [0.5, 0.6) is 5.75 Å². The molecule has 1 aromatic heterocycles. The number of methoxy groups -OCH3 is 1. The Morgan fingerprint density at radius 1 is 1.18 bits per heavy atom. The number of ether oxygens (including phenoxy) is 1. The number of aromatic nitrogens is 3. The molecule has 0 radical (unpaired) electrons. The lowest BCUT2D eigenvalue weighted by Crippen LogP contribution is -2.44. The van der Waals surface area contributed by atoms with E-state index in [1.165, 1.54) is 12.1 Å². The number of nitrogens with zero attached hydrogens (tertiary/aromatic N) is 6. The summed E-state index contributed by atoms with van der Waals surface area (Å²) in [6.45, 7) is 3.80. The molecule has 1 saturated heterocycles. The van der Waals surface area contributed by atoms with Gasteiger partial charge in [-0.05, 0) is 56.0 Å². The highest BCUT2D eigenvalue weighted by Gasteiger charge is 2.30. The topological polar surface area (TPSA) is 83.8 Å².